The molecule has 0 aliphatic heterocycles. The van der Waals surface area contributed by atoms with Crippen LogP contribution in [0.3, 0.4) is 0 Å². The Morgan fingerprint density at radius 2 is 1.92 bits per heavy atom. The van der Waals surface area contributed by atoms with Gasteiger partial charge in [0.05, 0.1) is 6.61 Å². The van der Waals surface area contributed by atoms with Crippen molar-refractivity contribution in [3.63, 3.8) is 0 Å². The molecule has 0 saturated heterocycles. The van der Waals surface area contributed by atoms with Gasteiger partial charge in [-0.25, -0.2) is 9.13 Å². The molecule has 0 amide bonds. The van der Waals surface area contributed by atoms with Gasteiger partial charge in [-0.2, -0.15) is 4.31 Å². The zero-order valence-corrected chi connectivity index (χ0v) is 8.15. The Labute approximate surface area is 74.2 Å². The lowest BCUT2D eigenvalue weighted by Gasteiger charge is -2.10. The van der Waals surface area contributed by atoms with E-state index in [1.807, 2.05) is 0 Å². The lowest BCUT2D eigenvalue weighted by Crippen LogP contribution is -1.93. The van der Waals surface area contributed by atoms with E-state index in [1.54, 1.807) is 0 Å². The minimum Gasteiger partial charge on any atom is -0.302 e. The highest BCUT2D eigenvalue weighted by Crippen LogP contribution is 2.57. The van der Waals surface area contributed by atoms with E-state index < -0.39 is 15.6 Å². The molecule has 0 aliphatic rings. The molecule has 3 N–H and O–H groups in total. The molecule has 9 heteroatoms. The van der Waals surface area contributed by atoms with E-state index >= 15 is 0 Å². The Kier molecular flexibility index (Phi) is 4.78. The monoisotopic (exact) mass is 230 g/mol. The fraction of sp³-hybridized carbons (Fsp3) is 0.250. The molecule has 0 radical (unpaired) electrons. The van der Waals surface area contributed by atoms with Crippen molar-refractivity contribution >= 4 is 15.6 Å². The number of phosphoric ester groups is 1. The molecule has 0 rings (SSSR count). The zero-order chi connectivity index (χ0) is 10.5. The van der Waals surface area contributed by atoms with E-state index in [1.165, 1.54) is 0 Å². The first kappa shape index (κ1) is 12.8. The topological polar surface area (TPSA) is 113 Å². The normalized spacial score (nSPS) is 15.9. The maximum absolute atomic E-state index is 10.7. The molecule has 0 saturated carbocycles. The van der Waals surface area contributed by atoms with Crippen molar-refractivity contribution in [1.29, 1.82) is 0 Å². The average molecular weight is 230 g/mol. The highest BCUT2D eigenvalue weighted by molar-refractivity contribution is 7.60. The minimum atomic E-state index is -5.02. The highest BCUT2D eigenvalue weighted by atomic mass is 31.3. The summed E-state index contributed by atoms with van der Waals surface area (Å²) in [5.41, 5.74) is 2.22. The summed E-state index contributed by atoms with van der Waals surface area (Å²) in [6.45, 7) is 2.75. The van der Waals surface area contributed by atoms with E-state index in [-0.39, 0.29) is 6.61 Å². The molecule has 13 heavy (non-hydrogen) atoms. The molecule has 0 spiro atoms. The van der Waals surface area contributed by atoms with Gasteiger partial charge in [-0.15, -0.1) is 5.73 Å². The third-order valence-electron chi connectivity index (χ3n) is 0.675. The van der Waals surface area contributed by atoms with E-state index in [9.17, 15) is 9.13 Å². The maximum atomic E-state index is 10.7. The number of hydrogen-bond donors (Lipinski definition) is 3. The van der Waals surface area contributed by atoms with Crippen LogP contribution in [0.2, 0.25) is 0 Å². The second kappa shape index (κ2) is 4.86. The molecule has 1 unspecified atom stereocenters. The molecule has 0 fully saturated rings. The van der Waals surface area contributed by atoms with Crippen LogP contribution in [-0.2, 0) is 18.0 Å². The van der Waals surface area contributed by atoms with Crippen LogP contribution in [0.25, 0.3) is 0 Å². The number of phosphoric acid groups is 2. The second-order valence-corrected chi connectivity index (χ2v) is 4.57. The van der Waals surface area contributed by atoms with E-state index in [4.69, 9.17) is 14.7 Å². The summed E-state index contributed by atoms with van der Waals surface area (Å²) < 4.78 is 28.3. The lowest BCUT2D eigenvalue weighted by molar-refractivity contribution is 0.191. The van der Waals surface area contributed by atoms with Crippen molar-refractivity contribution in [2.24, 2.45) is 0 Å². The van der Waals surface area contributed by atoms with Crippen molar-refractivity contribution < 1.29 is 32.6 Å². The first-order chi connectivity index (χ1) is 5.77. The van der Waals surface area contributed by atoms with Gasteiger partial charge in [-0.3, -0.25) is 4.52 Å². The van der Waals surface area contributed by atoms with Crippen molar-refractivity contribution in [2.75, 3.05) is 6.61 Å². The molecule has 1 atom stereocenters. The molecule has 0 bridgehead atoms. The molecule has 7 nitrogen and oxygen atoms in total. The summed E-state index contributed by atoms with van der Waals surface area (Å²) in [4.78, 5) is 24.9. The summed E-state index contributed by atoms with van der Waals surface area (Å²) in [5, 5.41) is 0. The van der Waals surface area contributed by atoms with Gasteiger partial charge in [0.1, 0.15) is 0 Å². The molecule has 0 aromatic heterocycles. The first-order valence-corrected chi connectivity index (χ1v) is 5.88. The SMILES string of the molecule is C=C=CCOP(=O)(O)OP(=O)(O)O. The van der Waals surface area contributed by atoms with Gasteiger partial charge >= 0.3 is 15.6 Å². The average Bonchev–Trinajstić information content (AvgIpc) is 1.81. The van der Waals surface area contributed by atoms with E-state index in [0.29, 0.717) is 0 Å². The molecule has 0 aromatic carbocycles. The third kappa shape index (κ3) is 8.12. The second-order valence-electron chi connectivity index (χ2n) is 1.74. The van der Waals surface area contributed by atoms with E-state index in [2.05, 4.69) is 21.1 Å². The van der Waals surface area contributed by atoms with Crippen molar-refractivity contribution in [3.05, 3.63) is 18.4 Å². The Morgan fingerprint density at radius 3 is 2.31 bits per heavy atom. The predicted molar refractivity (Wildman–Crippen MR) is 42.6 cm³/mol. The van der Waals surface area contributed by atoms with Gasteiger partial charge in [0, 0.05) is 0 Å². The first-order valence-electron chi connectivity index (χ1n) is 2.85. The van der Waals surface area contributed by atoms with Gasteiger partial charge in [-0.1, -0.05) is 6.58 Å². The Hall–Kier alpha value is -0.220. The summed E-state index contributed by atoms with van der Waals surface area (Å²) in [5.74, 6) is 0. The van der Waals surface area contributed by atoms with Gasteiger partial charge < -0.3 is 14.7 Å². The van der Waals surface area contributed by atoms with Gasteiger partial charge in [-0.05, 0) is 6.08 Å². The standard InChI is InChI=1S/C4H8O7P2/c1-2-3-4-10-13(8,9)11-12(5,6)7/h3H,1,4H2,(H,8,9)(H2,5,6,7). The van der Waals surface area contributed by atoms with Crippen LogP contribution in [0.15, 0.2) is 18.4 Å². The fourth-order valence-corrected chi connectivity index (χ4v) is 1.88. The van der Waals surface area contributed by atoms with Crippen LogP contribution in [0, 0.1) is 0 Å². The Bertz CT molecular complexity index is 298. The molecule has 0 heterocycles. The van der Waals surface area contributed by atoms with E-state index in [0.717, 1.165) is 6.08 Å². The Morgan fingerprint density at radius 1 is 1.38 bits per heavy atom. The van der Waals surface area contributed by atoms with Crippen molar-refractivity contribution in [2.45, 2.75) is 0 Å². The molecular formula is C4H8O7P2. The number of rotatable bonds is 5. The number of hydrogen-bond acceptors (Lipinski definition) is 4. The van der Waals surface area contributed by atoms with Crippen LogP contribution in [0.4, 0.5) is 0 Å². The quantitative estimate of drug-likeness (QED) is 0.466. The van der Waals surface area contributed by atoms with Crippen molar-refractivity contribution in [3.8, 4) is 0 Å². The largest absolute Gasteiger partial charge is 0.481 e. The lowest BCUT2D eigenvalue weighted by atomic mass is 10.7. The molecule has 76 valence electrons. The summed E-state index contributed by atoms with van der Waals surface area (Å²) in [6, 6.07) is 0. The van der Waals surface area contributed by atoms with Crippen LogP contribution in [-0.4, -0.2) is 21.3 Å². The van der Waals surface area contributed by atoms with Crippen molar-refractivity contribution in [1.82, 2.24) is 0 Å². The van der Waals surface area contributed by atoms with Crippen LogP contribution in [0.5, 0.6) is 0 Å². The summed E-state index contributed by atoms with van der Waals surface area (Å²) >= 11 is 0. The van der Waals surface area contributed by atoms with Gasteiger partial charge in [0.25, 0.3) is 0 Å². The molecular weight excluding hydrogens is 222 g/mol. The maximum Gasteiger partial charge on any atom is 0.481 e. The molecule has 0 aromatic rings. The predicted octanol–water partition coefficient (Wildman–Crippen LogP) is 0.554. The van der Waals surface area contributed by atoms with Gasteiger partial charge in [0.15, 0.2) is 0 Å². The fourth-order valence-electron chi connectivity index (χ4n) is 0.348. The highest BCUT2D eigenvalue weighted by Gasteiger charge is 2.31. The van der Waals surface area contributed by atoms with Crippen LogP contribution >= 0.6 is 15.6 Å². The summed E-state index contributed by atoms with van der Waals surface area (Å²) in [7, 11) is -9.73. The van der Waals surface area contributed by atoms with Crippen LogP contribution in [0.1, 0.15) is 0 Å². The van der Waals surface area contributed by atoms with Crippen LogP contribution < -0.4 is 0 Å². The third-order valence-corrected chi connectivity index (χ3v) is 2.83. The summed E-state index contributed by atoms with van der Waals surface area (Å²) in [6.07, 6.45) is 1.14. The minimum absolute atomic E-state index is 0.378. The van der Waals surface area contributed by atoms with Gasteiger partial charge in [0.2, 0.25) is 0 Å². The smallest absolute Gasteiger partial charge is 0.302 e. The Balaban J connectivity index is 4.17. The molecule has 0 aliphatic carbocycles. The zero-order valence-electron chi connectivity index (χ0n) is 6.36.